The van der Waals surface area contributed by atoms with Crippen LogP contribution in [0, 0.1) is 0 Å². The van der Waals surface area contributed by atoms with Gasteiger partial charge in [0.2, 0.25) is 11.8 Å². The van der Waals surface area contributed by atoms with E-state index in [1.54, 1.807) is 60.7 Å². The van der Waals surface area contributed by atoms with Gasteiger partial charge in [-0.05, 0) is 55.0 Å². The molecule has 3 aromatic rings. The van der Waals surface area contributed by atoms with Crippen LogP contribution in [-0.4, -0.2) is 11.8 Å². The van der Waals surface area contributed by atoms with E-state index < -0.39 is 0 Å². The highest BCUT2D eigenvalue weighted by Crippen LogP contribution is 2.34. The first kappa shape index (κ1) is 22.7. The molecule has 0 fully saturated rings. The number of halogens is 2. The molecule has 31 heavy (non-hydrogen) atoms. The summed E-state index contributed by atoms with van der Waals surface area (Å²) in [4.78, 5) is 24.1. The van der Waals surface area contributed by atoms with Crippen LogP contribution in [0.3, 0.4) is 0 Å². The fraction of sp³-hybridized carbons (Fsp3) is 0.167. The molecule has 2 amide bonds. The number of nitrogens with one attached hydrogen (secondary N) is 2. The third kappa shape index (κ3) is 6.48. The van der Waals surface area contributed by atoms with Crippen molar-refractivity contribution >= 4 is 52.5 Å². The topological polar surface area (TPSA) is 71.3 Å². The number of furan rings is 1. The average Bonchev–Trinajstić information content (AvgIpc) is 3.22. The number of carbonyl (C=O) groups excluding carboxylic acids is 2. The molecule has 0 saturated carbocycles. The van der Waals surface area contributed by atoms with E-state index in [4.69, 9.17) is 27.6 Å². The molecule has 0 atom stereocenters. The number of unbranched alkanes of at least 4 members (excludes halogenated alkanes) is 1. The maximum Gasteiger partial charge on any atom is 0.248 e. The van der Waals surface area contributed by atoms with Gasteiger partial charge in [-0.1, -0.05) is 48.7 Å². The lowest BCUT2D eigenvalue weighted by Crippen LogP contribution is -2.12. The van der Waals surface area contributed by atoms with E-state index in [2.05, 4.69) is 10.6 Å². The van der Waals surface area contributed by atoms with Gasteiger partial charge in [0.1, 0.15) is 11.5 Å². The van der Waals surface area contributed by atoms with Crippen molar-refractivity contribution in [2.45, 2.75) is 26.2 Å². The molecule has 2 N–H and O–H groups in total. The highest BCUT2D eigenvalue weighted by Gasteiger charge is 2.10. The molecule has 0 aliphatic heterocycles. The Morgan fingerprint density at radius 1 is 1.00 bits per heavy atom. The minimum Gasteiger partial charge on any atom is -0.457 e. The minimum atomic E-state index is -0.326. The summed E-state index contributed by atoms with van der Waals surface area (Å²) < 4.78 is 5.74. The van der Waals surface area contributed by atoms with E-state index in [0.717, 1.165) is 12.8 Å². The van der Waals surface area contributed by atoms with Crippen LogP contribution in [0.2, 0.25) is 10.0 Å². The first-order valence-corrected chi connectivity index (χ1v) is 10.6. The van der Waals surface area contributed by atoms with Crippen molar-refractivity contribution in [1.82, 2.24) is 0 Å². The Morgan fingerprint density at radius 2 is 1.74 bits per heavy atom. The van der Waals surface area contributed by atoms with Crippen LogP contribution >= 0.6 is 23.2 Å². The predicted octanol–water partition coefficient (Wildman–Crippen LogP) is 7.03. The number of hydrogen-bond donors (Lipinski definition) is 2. The van der Waals surface area contributed by atoms with Gasteiger partial charge < -0.3 is 15.1 Å². The van der Waals surface area contributed by atoms with E-state index in [1.165, 1.54) is 6.08 Å². The van der Waals surface area contributed by atoms with Crippen molar-refractivity contribution in [3.8, 4) is 11.3 Å². The van der Waals surface area contributed by atoms with Gasteiger partial charge in [0, 0.05) is 29.4 Å². The fourth-order valence-electron chi connectivity index (χ4n) is 2.86. The lowest BCUT2D eigenvalue weighted by molar-refractivity contribution is -0.116. The van der Waals surface area contributed by atoms with Crippen LogP contribution in [0.25, 0.3) is 17.4 Å². The molecular formula is C24H22Cl2N2O3. The summed E-state index contributed by atoms with van der Waals surface area (Å²) in [6, 6.07) is 15.8. The number of anilines is 2. The average molecular weight is 457 g/mol. The van der Waals surface area contributed by atoms with E-state index in [9.17, 15) is 9.59 Å². The third-order valence-electron chi connectivity index (χ3n) is 4.41. The van der Waals surface area contributed by atoms with Crippen LogP contribution in [0.4, 0.5) is 11.4 Å². The van der Waals surface area contributed by atoms with E-state index in [0.29, 0.717) is 44.9 Å². The minimum absolute atomic E-state index is 0.0429. The van der Waals surface area contributed by atoms with E-state index in [-0.39, 0.29) is 11.8 Å². The summed E-state index contributed by atoms with van der Waals surface area (Å²) in [5.74, 6) is 0.684. The lowest BCUT2D eigenvalue weighted by Gasteiger charge is -2.07. The molecule has 3 rings (SSSR count). The molecule has 0 saturated heterocycles. The highest BCUT2D eigenvalue weighted by atomic mass is 35.5. The first-order valence-electron chi connectivity index (χ1n) is 9.89. The number of amides is 2. The zero-order valence-electron chi connectivity index (χ0n) is 17.0. The maximum absolute atomic E-state index is 12.3. The second-order valence-corrected chi connectivity index (χ2v) is 7.64. The molecule has 0 aliphatic carbocycles. The summed E-state index contributed by atoms with van der Waals surface area (Å²) in [7, 11) is 0. The van der Waals surface area contributed by atoms with Gasteiger partial charge in [0.15, 0.2) is 0 Å². The predicted molar refractivity (Wildman–Crippen MR) is 126 cm³/mol. The van der Waals surface area contributed by atoms with Gasteiger partial charge >= 0.3 is 0 Å². The van der Waals surface area contributed by atoms with E-state index >= 15 is 0 Å². The second kappa shape index (κ2) is 10.8. The van der Waals surface area contributed by atoms with Gasteiger partial charge in [0.25, 0.3) is 0 Å². The second-order valence-electron chi connectivity index (χ2n) is 6.86. The van der Waals surface area contributed by atoms with Crippen LogP contribution in [-0.2, 0) is 9.59 Å². The van der Waals surface area contributed by atoms with Crippen molar-refractivity contribution < 1.29 is 14.0 Å². The number of rotatable bonds is 8. The van der Waals surface area contributed by atoms with Crippen molar-refractivity contribution in [3.05, 3.63) is 76.5 Å². The summed E-state index contributed by atoms with van der Waals surface area (Å²) in [5, 5.41) is 6.45. The molecule has 0 unspecified atom stereocenters. The Labute approximate surface area is 191 Å². The molecule has 7 heteroatoms. The Morgan fingerprint density at radius 3 is 2.52 bits per heavy atom. The molecule has 1 aromatic heterocycles. The van der Waals surface area contributed by atoms with Gasteiger partial charge in [-0.25, -0.2) is 0 Å². The molecule has 0 radical (unpaired) electrons. The van der Waals surface area contributed by atoms with Crippen molar-refractivity contribution in [1.29, 1.82) is 0 Å². The summed E-state index contributed by atoms with van der Waals surface area (Å²) in [6.07, 6.45) is 5.20. The molecule has 0 aliphatic rings. The molecule has 0 spiro atoms. The molecule has 2 aromatic carbocycles. The van der Waals surface area contributed by atoms with Crippen LogP contribution in [0.15, 0.2) is 65.1 Å². The Hall–Kier alpha value is -3.02. The smallest absolute Gasteiger partial charge is 0.248 e. The summed E-state index contributed by atoms with van der Waals surface area (Å²) >= 11 is 12.3. The molecule has 5 nitrogen and oxygen atoms in total. The maximum atomic E-state index is 12.3. The Bertz CT molecular complexity index is 1110. The first-order chi connectivity index (χ1) is 15.0. The van der Waals surface area contributed by atoms with Crippen molar-refractivity contribution in [2.24, 2.45) is 0 Å². The van der Waals surface area contributed by atoms with Crippen molar-refractivity contribution in [3.63, 3.8) is 0 Å². The third-order valence-corrected chi connectivity index (χ3v) is 5.23. The fourth-order valence-corrected chi connectivity index (χ4v) is 3.25. The molecule has 160 valence electrons. The normalized spacial score (nSPS) is 10.9. The highest BCUT2D eigenvalue weighted by molar-refractivity contribution is 6.43. The van der Waals surface area contributed by atoms with Gasteiger partial charge in [0.05, 0.1) is 10.0 Å². The number of benzene rings is 2. The summed E-state index contributed by atoms with van der Waals surface area (Å²) in [5.41, 5.74) is 1.89. The SMILES string of the molecule is CCCCC(=O)Nc1cccc(NC(=O)C=Cc2ccc(-c3cccc(Cl)c3Cl)o2)c1. The number of carbonyl (C=O) groups is 2. The monoisotopic (exact) mass is 456 g/mol. The van der Waals surface area contributed by atoms with Crippen LogP contribution in [0.5, 0.6) is 0 Å². The molecule has 1 heterocycles. The van der Waals surface area contributed by atoms with Crippen LogP contribution < -0.4 is 10.6 Å². The lowest BCUT2D eigenvalue weighted by atomic mass is 10.2. The van der Waals surface area contributed by atoms with Gasteiger partial charge in [-0.3, -0.25) is 9.59 Å². The van der Waals surface area contributed by atoms with E-state index in [1.807, 2.05) is 6.92 Å². The summed E-state index contributed by atoms with van der Waals surface area (Å²) in [6.45, 7) is 2.03. The number of hydrogen-bond acceptors (Lipinski definition) is 3. The Kier molecular flexibility index (Phi) is 7.93. The van der Waals surface area contributed by atoms with Crippen LogP contribution in [0.1, 0.15) is 31.9 Å². The van der Waals surface area contributed by atoms with Gasteiger partial charge in [-0.2, -0.15) is 0 Å². The Balaban J connectivity index is 1.61. The zero-order chi connectivity index (χ0) is 22.2. The quantitative estimate of drug-likeness (QED) is 0.357. The molecule has 0 bridgehead atoms. The van der Waals surface area contributed by atoms with Crippen molar-refractivity contribution in [2.75, 3.05) is 10.6 Å². The zero-order valence-corrected chi connectivity index (χ0v) is 18.5. The molecular weight excluding hydrogens is 435 g/mol. The largest absolute Gasteiger partial charge is 0.457 e. The standard InChI is InChI=1S/C24H22Cl2N2O3/c1-2-3-10-22(29)27-16-6-4-7-17(15-16)28-23(30)14-12-18-11-13-21(31-18)19-8-5-9-20(25)24(19)26/h4-9,11-15H,2-3,10H2,1H3,(H,27,29)(H,28,30). The van der Waals surface area contributed by atoms with Gasteiger partial charge in [-0.15, -0.1) is 0 Å².